The first-order chi connectivity index (χ1) is 16.8. The quantitative estimate of drug-likeness (QED) is 0.0553. The van der Waals surface area contributed by atoms with Crippen LogP contribution in [0.3, 0.4) is 0 Å². The number of nitrogens with zero attached hydrogens (tertiary/aromatic N) is 1. The number of amides is 3. The number of carbonyl (C=O) groups excluding carboxylic acids is 3. The highest BCUT2D eigenvalue weighted by molar-refractivity contribution is 7.98. The van der Waals surface area contributed by atoms with Gasteiger partial charge < -0.3 is 43.4 Å². The van der Waals surface area contributed by atoms with Crippen molar-refractivity contribution in [3.63, 3.8) is 0 Å². The van der Waals surface area contributed by atoms with Crippen molar-refractivity contribution in [3.05, 3.63) is 0 Å². The van der Waals surface area contributed by atoms with E-state index in [0.717, 1.165) is 0 Å². The molecule has 0 radical (unpaired) electrons. The van der Waals surface area contributed by atoms with Crippen molar-refractivity contribution in [3.8, 4) is 0 Å². The lowest BCUT2D eigenvalue weighted by atomic mass is 10.0. The van der Waals surface area contributed by atoms with Gasteiger partial charge in [-0.1, -0.05) is 13.8 Å². The van der Waals surface area contributed by atoms with Gasteiger partial charge in [-0.3, -0.25) is 24.2 Å². The zero-order chi connectivity index (χ0) is 27.8. The van der Waals surface area contributed by atoms with Crippen LogP contribution < -0.4 is 33.2 Å². The van der Waals surface area contributed by atoms with Gasteiger partial charge in [0, 0.05) is 6.54 Å². The number of guanidine groups is 1. The Morgan fingerprint density at radius 2 is 1.42 bits per heavy atom. The number of nitrogens with two attached hydrogens (primary N) is 3. The Balaban J connectivity index is 5.59. The highest BCUT2D eigenvalue weighted by atomic mass is 32.2. The Kier molecular flexibility index (Phi) is 15.9. The van der Waals surface area contributed by atoms with Crippen LogP contribution in [0.4, 0.5) is 0 Å². The highest BCUT2D eigenvalue weighted by Gasteiger charge is 2.30. The summed E-state index contributed by atoms with van der Waals surface area (Å²) in [6.45, 7) is 3.80. The Labute approximate surface area is 214 Å². The van der Waals surface area contributed by atoms with Gasteiger partial charge in [0.1, 0.15) is 18.1 Å². The normalized spacial score (nSPS) is 14.1. The zero-order valence-electron chi connectivity index (χ0n) is 20.9. The number of hydrogen-bond donors (Lipinski definition) is 8. The molecule has 14 nitrogen and oxygen atoms in total. The first kappa shape index (κ1) is 32.9. The molecule has 0 aliphatic heterocycles. The summed E-state index contributed by atoms with van der Waals surface area (Å²) < 4.78 is 0. The second-order valence-electron chi connectivity index (χ2n) is 8.59. The van der Waals surface area contributed by atoms with Gasteiger partial charge in [-0.15, -0.1) is 0 Å². The molecule has 3 amide bonds. The topological polar surface area (TPSA) is 252 Å². The molecule has 4 unspecified atom stereocenters. The number of thioether (sulfide) groups is 1. The molecular formula is C21H39N7O7S. The molecule has 15 heteroatoms. The molecule has 4 atom stereocenters. The molecule has 0 rings (SSSR count). The van der Waals surface area contributed by atoms with Crippen molar-refractivity contribution in [1.82, 2.24) is 16.0 Å². The lowest BCUT2D eigenvalue weighted by Gasteiger charge is -2.25. The molecule has 11 N–H and O–H groups in total. The maximum Gasteiger partial charge on any atom is 0.326 e. The van der Waals surface area contributed by atoms with Crippen molar-refractivity contribution >= 4 is 47.4 Å². The van der Waals surface area contributed by atoms with Gasteiger partial charge in [0.05, 0.1) is 12.5 Å². The zero-order valence-corrected chi connectivity index (χ0v) is 21.7. The predicted octanol–water partition coefficient (Wildman–Crippen LogP) is -1.82. The van der Waals surface area contributed by atoms with Crippen LogP contribution in [0.2, 0.25) is 0 Å². The molecule has 0 aromatic rings. The highest BCUT2D eigenvalue weighted by Crippen LogP contribution is 2.08. The number of aliphatic imine (C=N–C) groups is 1. The monoisotopic (exact) mass is 533 g/mol. The molecule has 0 heterocycles. The number of nitrogens with one attached hydrogen (secondary N) is 3. The van der Waals surface area contributed by atoms with E-state index < -0.39 is 60.2 Å². The van der Waals surface area contributed by atoms with Crippen LogP contribution in [0.25, 0.3) is 0 Å². The lowest BCUT2D eigenvalue weighted by Crippen LogP contribution is -2.57. The Morgan fingerprint density at radius 1 is 0.889 bits per heavy atom. The van der Waals surface area contributed by atoms with E-state index in [1.165, 1.54) is 11.8 Å². The standard InChI is InChI=1S/C21H39N7O7S/c1-11(2)9-15(20(34)35)28-19(33)14(6-8-36-3)27-18(32)13(5-4-7-25-21(23)24)26-17(31)12(22)10-16(29)30/h11-15H,4-10,22H2,1-3H3,(H,26,31)(H,27,32)(H,28,33)(H,29,30)(H,34,35)(H4,23,24,25). The Hall–Kier alpha value is -3.07. The number of carboxylic acids is 2. The van der Waals surface area contributed by atoms with E-state index in [0.29, 0.717) is 5.75 Å². The number of hydrogen-bond acceptors (Lipinski definition) is 8. The van der Waals surface area contributed by atoms with E-state index in [1.807, 2.05) is 20.1 Å². The molecule has 36 heavy (non-hydrogen) atoms. The SMILES string of the molecule is CSCCC(NC(=O)C(CCCN=C(N)N)NC(=O)C(N)CC(=O)O)C(=O)NC(CC(C)C)C(=O)O. The molecule has 0 saturated carbocycles. The summed E-state index contributed by atoms with van der Waals surface area (Å²) in [5, 5.41) is 25.7. The smallest absolute Gasteiger partial charge is 0.326 e. The van der Waals surface area contributed by atoms with Crippen LogP contribution in [0.15, 0.2) is 4.99 Å². The molecule has 0 fully saturated rings. The van der Waals surface area contributed by atoms with Crippen molar-refractivity contribution in [1.29, 1.82) is 0 Å². The molecule has 0 bridgehead atoms. The van der Waals surface area contributed by atoms with Crippen molar-refractivity contribution in [2.75, 3.05) is 18.6 Å². The first-order valence-corrected chi connectivity index (χ1v) is 12.8. The second-order valence-corrected chi connectivity index (χ2v) is 9.57. The van der Waals surface area contributed by atoms with Crippen LogP contribution in [0.1, 0.15) is 46.0 Å². The van der Waals surface area contributed by atoms with E-state index in [1.54, 1.807) is 0 Å². The fourth-order valence-corrected chi connectivity index (χ4v) is 3.55. The van der Waals surface area contributed by atoms with E-state index in [-0.39, 0.29) is 44.1 Å². The van der Waals surface area contributed by atoms with E-state index in [4.69, 9.17) is 22.3 Å². The third-order valence-electron chi connectivity index (χ3n) is 4.87. The van der Waals surface area contributed by atoms with Crippen LogP contribution in [-0.2, 0) is 24.0 Å². The fourth-order valence-electron chi connectivity index (χ4n) is 3.07. The molecule has 0 aromatic heterocycles. The first-order valence-electron chi connectivity index (χ1n) is 11.4. The summed E-state index contributed by atoms with van der Waals surface area (Å²) in [6.07, 6.45) is 1.93. The van der Waals surface area contributed by atoms with Gasteiger partial charge in [-0.2, -0.15) is 11.8 Å². The van der Waals surface area contributed by atoms with Crippen LogP contribution >= 0.6 is 11.8 Å². The maximum absolute atomic E-state index is 13.1. The third-order valence-corrected chi connectivity index (χ3v) is 5.52. The van der Waals surface area contributed by atoms with Crippen molar-refractivity contribution in [2.24, 2.45) is 28.1 Å². The maximum atomic E-state index is 13.1. The van der Waals surface area contributed by atoms with Gasteiger partial charge in [-0.05, 0) is 43.6 Å². The minimum absolute atomic E-state index is 0.00505. The minimum Gasteiger partial charge on any atom is -0.481 e. The van der Waals surface area contributed by atoms with Gasteiger partial charge in [0.25, 0.3) is 0 Å². The lowest BCUT2D eigenvalue weighted by molar-refractivity contribution is -0.142. The van der Waals surface area contributed by atoms with Crippen molar-refractivity contribution in [2.45, 2.75) is 70.1 Å². The summed E-state index contributed by atoms with van der Waals surface area (Å²) in [5.41, 5.74) is 16.2. The van der Waals surface area contributed by atoms with E-state index in [2.05, 4.69) is 20.9 Å². The van der Waals surface area contributed by atoms with E-state index >= 15 is 0 Å². The molecule has 0 aliphatic carbocycles. The predicted molar refractivity (Wildman–Crippen MR) is 136 cm³/mol. The fraction of sp³-hybridized carbons (Fsp3) is 0.714. The molecule has 0 aliphatic rings. The van der Waals surface area contributed by atoms with Gasteiger partial charge in [-0.25, -0.2) is 4.79 Å². The van der Waals surface area contributed by atoms with E-state index in [9.17, 15) is 29.1 Å². The van der Waals surface area contributed by atoms with Crippen LogP contribution in [0.5, 0.6) is 0 Å². The summed E-state index contributed by atoms with van der Waals surface area (Å²) in [6, 6.07) is -4.75. The molecule has 0 spiro atoms. The number of aliphatic carboxylic acids is 2. The number of carboxylic acid groups (broad SMARTS) is 2. The van der Waals surface area contributed by atoms with Gasteiger partial charge in [0.15, 0.2) is 5.96 Å². The summed E-state index contributed by atoms with van der Waals surface area (Å²) in [4.78, 5) is 64.5. The number of carbonyl (C=O) groups is 5. The molecule has 206 valence electrons. The average Bonchev–Trinajstić information content (AvgIpc) is 2.76. The van der Waals surface area contributed by atoms with Crippen LogP contribution in [-0.4, -0.2) is 88.6 Å². The third kappa shape index (κ3) is 14.4. The summed E-state index contributed by atoms with van der Waals surface area (Å²) in [5.74, 6) is -4.36. The Morgan fingerprint density at radius 3 is 1.89 bits per heavy atom. The molecule has 0 aromatic carbocycles. The molecular weight excluding hydrogens is 494 g/mol. The van der Waals surface area contributed by atoms with Gasteiger partial charge >= 0.3 is 11.9 Å². The number of rotatable bonds is 18. The minimum atomic E-state index is -1.39. The summed E-state index contributed by atoms with van der Waals surface area (Å²) >= 11 is 1.43. The Bertz CT molecular complexity index is 791. The second kappa shape index (κ2) is 17.4. The average molecular weight is 534 g/mol. The van der Waals surface area contributed by atoms with Gasteiger partial charge in [0.2, 0.25) is 17.7 Å². The van der Waals surface area contributed by atoms with Crippen molar-refractivity contribution < 1.29 is 34.2 Å². The molecule has 0 saturated heterocycles. The largest absolute Gasteiger partial charge is 0.481 e. The summed E-state index contributed by atoms with van der Waals surface area (Å²) in [7, 11) is 0. The van der Waals surface area contributed by atoms with Crippen LogP contribution in [0, 0.1) is 5.92 Å².